The molecule has 0 aromatic heterocycles. The second-order valence-corrected chi connectivity index (χ2v) is 9.27. The summed E-state index contributed by atoms with van der Waals surface area (Å²) >= 11 is 0. The average Bonchev–Trinajstić information content (AvgIpc) is 2.29. The smallest absolute Gasteiger partial charge is 0.0212 e. The second kappa shape index (κ2) is 5.50. The highest BCUT2D eigenvalue weighted by molar-refractivity contribution is 5.06. The summed E-state index contributed by atoms with van der Waals surface area (Å²) in [7, 11) is 0. The fraction of sp³-hybridized carbons (Fsp3) is 1.00. The molecule has 0 atom stereocenters. The zero-order valence-corrected chi connectivity index (χ0v) is 14.9. The molecule has 3 aliphatic heterocycles. The predicted molar refractivity (Wildman–Crippen MR) is 89.6 cm³/mol. The SMILES string of the molecule is CC(C)N1CC2(CN(CC3CCN(C(C)(C)C)CC3)C2)C1. The maximum Gasteiger partial charge on any atom is 0.0212 e. The summed E-state index contributed by atoms with van der Waals surface area (Å²) in [5.74, 6) is 0.947. The molecule has 3 nitrogen and oxygen atoms in total. The standard InChI is InChI=1S/C18H35N3/c1-15(2)20-13-18(14-20)11-19(12-18)10-16-6-8-21(9-7-16)17(3,4)5/h15-16H,6-14H2,1-5H3. The third kappa shape index (κ3) is 3.30. The van der Waals surface area contributed by atoms with Crippen LogP contribution in [-0.2, 0) is 0 Å². The van der Waals surface area contributed by atoms with E-state index in [1.54, 1.807) is 0 Å². The lowest BCUT2D eigenvalue weighted by molar-refractivity contribution is -0.130. The molecule has 3 heteroatoms. The van der Waals surface area contributed by atoms with E-state index in [1.807, 2.05) is 0 Å². The van der Waals surface area contributed by atoms with Gasteiger partial charge in [0.1, 0.15) is 0 Å². The fourth-order valence-corrected chi connectivity index (χ4v) is 4.56. The first-order chi connectivity index (χ1) is 9.77. The van der Waals surface area contributed by atoms with Gasteiger partial charge in [-0.2, -0.15) is 0 Å². The van der Waals surface area contributed by atoms with Crippen LogP contribution in [0.25, 0.3) is 0 Å². The van der Waals surface area contributed by atoms with E-state index in [4.69, 9.17) is 0 Å². The Bertz CT molecular complexity index is 349. The zero-order chi connectivity index (χ0) is 15.3. The van der Waals surface area contributed by atoms with Gasteiger partial charge in [0.15, 0.2) is 0 Å². The summed E-state index contributed by atoms with van der Waals surface area (Å²) in [6.07, 6.45) is 2.80. The first-order valence-corrected chi connectivity index (χ1v) is 8.99. The van der Waals surface area contributed by atoms with Crippen molar-refractivity contribution in [3.63, 3.8) is 0 Å². The van der Waals surface area contributed by atoms with Crippen LogP contribution in [0, 0.1) is 11.3 Å². The van der Waals surface area contributed by atoms with Gasteiger partial charge in [-0.3, -0.25) is 9.80 Å². The second-order valence-electron chi connectivity index (χ2n) is 9.27. The molecule has 0 aromatic rings. The number of rotatable bonds is 3. The Morgan fingerprint density at radius 2 is 1.57 bits per heavy atom. The van der Waals surface area contributed by atoms with Crippen molar-refractivity contribution in [3.8, 4) is 0 Å². The van der Waals surface area contributed by atoms with Gasteiger partial charge in [0, 0.05) is 49.7 Å². The van der Waals surface area contributed by atoms with Crippen molar-refractivity contribution in [2.75, 3.05) is 45.8 Å². The highest BCUT2D eigenvalue weighted by atomic mass is 15.3. The topological polar surface area (TPSA) is 9.72 Å². The fourth-order valence-electron chi connectivity index (χ4n) is 4.56. The van der Waals surface area contributed by atoms with Crippen LogP contribution in [0.3, 0.4) is 0 Å². The number of likely N-dealkylation sites (tertiary alicyclic amines) is 3. The van der Waals surface area contributed by atoms with Crippen LogP contribution in [0.4, 0.5) is 0 Å². The van der Waals surface area contributed by atoms with Gasteiger partial charge in [0.05, 0.1) is 0 Å². The largest absolute Gasteiger partial charge is 0.302 e. The molecule has 122 valence electrons. The van der Waals surface area contributed by atoms with E-state index in [0.29, 0.717) is 11.0 Å². The lowest BCUT2D eigenvalue weighted by Crippen LogP contribution is -2.73. The number of piperidine rings is 1. The Kier molecular flexibility index (Phi) is 4.13. The molecular weight excluding hydrogens is 258 g/mol. The number of hydrogen-bond donors (Lipinski definition) is 0. The van der Waals surface area contributed by atoms with E-state index in [-0.39, 0.29) is 0 Å². The van der Waals surface area contributed by atoms with Crippen LogP contribution in [-0.4, -0.2) is 72.1 Å². The van der Waals surface area contributed by atoms with E-state index < -0.39 is 0 Å². The highest BCUT2D eigenvalue weighted by Gasteiger charge is 2.52. The van der Waals surface area contributed by atoms with Crippen LogP contribution in [0.2, 0.25) is 0 Å². The van der Waals surface area contributed by atoms with Gasteiger partial charge >= 0.3 is 0 Å². The third-order valence-electron chi connectivity index (χ3n) is 6.00. The van der Waals surface area contributed by atoms with Gasteiger partial charge in [0.2, 0.25) is 0 Å². The first kappa shape index (κ1) is 15.8. The van der Waals surface area contributed by atoms with Crippen molar-refractivity contribution in [1.29, 1.82) is 0 Å². The monoisotopic (exact) mass is 293 g/mol. The normalized spacial score (nSPS) is 28.9. The Balaban J connectivity index is 1.35. The minimum Gasteiger partial charge on any atom is -0.302 e. The van der Waals surface area contributed by atoms with Crippen molar-refractivity contribution >= 4 is 0 Å². The van der Waals surface area contributed by atoms with E-state index in [9.17, 15) is 0 Å². The van der Waals surface area contributed by atoms with Crippen molar-refractivity contribution in [2.24, 2.45) is 11.3 Å². The van der Waals surface area contributed by atoms with Crippen LogP contribution >= 0.6 is 0 Å². The van der Waals surface area contributed by atoms with Gasteiger partial charge in [-0.25, -0.2) is 0 Å². The molecule has 1 spiro atoms. The molecule has 0 aromatic carbocycles. The molecule has 3 aliphatic rings. The summed E-state index contributed by atoms with van der Waals surface area (Å²) in [4.78, 5) is 8.02. The van der Waals surface area contributed by atoms with Crippen LogP contribution < -0.4 is 0 Å². The lowest BCUT2D eigenvalue weighted by Gasteiger charge is -2.62. The zero-order valence-electron chi connectivity index (χ0n) is 14.9. The molecule has 3 heterocycles. The summed E-state index contributed by atoms with van der Waals surface area (Å²) in [6.45, 7) is 21.1. The molecular formula is C18H35N3. The summed E-state index contributed by atoms with van der Waals surface area (Å²) in [5.41, 5.74) is 1.05. The molecule has 0 unspecified atom stereocenters. The highest BCUT2D eigenvalue weighted by Crippen LogP contribution is 2.41. The van der Waals surface area contributed by atoms with Crippen molar-refractivity contribution < 1.29 is 0 Å². The minimum absolute atomic E-state index is 0.359. The molecule has 0 radical (unpaired) electrons. The summed E-state index contributed by atoms with van der Waals surface area (Å²) in [6, 6.07) is 0.742. The van der Waals surface area contributed by atoms with Gasteiger partial charge in [-0.1, -0.05) is 0 Å². The molecule has 0 bridgehead atoms. The number of nitrogens with zero attached hydrogens (tertiary/aromatic N) is 3. The van der Waals surface area contributed by atoms with Gasteiger partial charge in [0.25, 0.3) is 0 Å². The Morgan fingerprint density at radius 1 is 1.00 bits per heavy atom. The van der Waals surface area contributed by atoms with Crippen LogP contribution in [0.15, 0.2) is 0 Å². The Morgan fingerprint density at radius 3 is 2.05 bits per heavy atom. The van der Waals surface area contributed by atoms with Crippen molar-refractivity contribution in [3.05, 3.63) is 0 Å². The maximum absolute atomic E-state index is 2.73. The van der Waals surface area contributed by atoms with Gasteiger partial charge in [-0.05, 0) is 66.5 Å². The minimum atomic E-state index is 0.359. The quantitative estimate of drug-likeness (QED) is 0.792. The predicted octanol–water partition coefficient (Wildman–Crippen LogP) is 2.52. The van der Waals surface area contributed by atoms with Crippen molar-refractivity contribution in [1.82, 2.24) is 14.7 Å². The number of hydrogen-bond acceptors (Lipinski definition) is 3. The molecule has 3 fully saturated rings. The molecule has 3 rings (SSSR count). The van der Waals surface area contributed by atoms with Crippen LogP contribution in [0.1, 0.15) is 47.5 Å². The molecule has 0 N–H and O–H groups in total. The van der Waals surface area contributed by atoms with Gasteiger partial charge < -0.3 is 4.90 Å². The third-order valence-corrected chi connectivity index (χ3v) is 6.00. The first-order valence-electron chi connectivity index (χ1n) is 8.99. The van der Waals surface area contributed by atoms with Gasteiger partial charge in [-0.15, -0.1) is 0 Å². The molecule has 3 saturated heterocycles. The molecule has 0 aliphatic carbocycles. The van der Waals surface area contributed by atoms with E-state index in [2.05, 4.69) is 49.3 Å². The lowest BCUT2D eigenvalue weighted by atomic mass is 9.71. The van der Waals surface area contributed by atoms with E-state index >= 15 is 0 Å². The average molecular weight is 293 g/mol. The molecule has 0 saturated carbocycles. The summed E-state index contributed by atoms with van der Waals surface area (Å²) < 4.78 is 0. The molecule has 0 amide bonds. The Labute approximate surface area is 131 Å². The molecule has 21 heavy (non-hydrogen) atoms. The van der Waals surface area contributed by atoms with Crippen LogP contribution in [0.5, 0.6) is 0 Å². The Hall–Kier alpha value is -0.120. The van der Waals surface area contributed by atoms with E-state index in [0.717, 1.165) is 12.0 Å². The van der Waals surface area contributed by atoms with Crippen molar-refractivity contribution in [2.45, 2.75) is 59.0 Å². The van der Waals surface area contributed by atoms with E-state index in [1.165, 1.54) is 58.7 Å². The maximum atomic E-state index is 2.73. The summed E-state index contributed by atoms with van der Waals surface area (Å²) in [5, 5.41) is 0.